The summed E-state index contributed by atoms with van der Waals surface area (Å²) in [7, 11) is 0. The molecule has 1 amide bonds. The molecule has 31 heavy (non-hydrogen) atoms. The van der Waals surface area contributed by atoms with E-state index in [0.717, 1.165) is 53.1 Å². The molecule has 0 unspecified atom stereocenters. The Balaban J connectivity index is 1.50. The van der Waals surface area contributed by atoms with E-state index in [0.29, 0.717) is 5.56 Å². The van der Waals surface area contributed by atoms with Crippen LogP contribution in [0.15, 0.2) is 48.5 Å². The summed E-state index contributed by atoms with van der Waals surface area (Å²) in [5.74, 6) is 0.479. The van der Waals surface area contributed by atoms with Gasteiger partial charge in [-0.25, -0.2) is 4.98 Å². The predicted octanol–water partition coefficient (Wildman–Crippen LogP) is 5.26. The van der Waals surface area contributed by atoms with Gasteiger partial charge < -0.3 is 10.3 Å². The van der Waals surface area contributed by atoms with Crippen molar-refractivity contribution in [3.63, 3.8) is 0 Å². The molecule has 0 fully saturated rings. The van der Waals surface area contributed by atoms with Crippen LogP contribution in [0.2, 0.25) is 0 Å². The van der Waals surface area contributed by atoms with Gasteiger partial charge >= 0.3 is 0 Å². The number of nitrogens with one attached hydrogen (secondary N) is 2. The molecule has 7 nitrogen and oxygen atoms in total. The van der Waals surface area contributed by atoms with Crippen molar-refractivity contribution in [1.29, 1.82) is 0 Å². The smallest absolute Gasteiger partial charge is 0.273 e. The van der Waals surface area contributed by atoms with Crippen molar-refractivity contribution in [3.05, 3.63) is 74.6 Å². The van der Waals surface area contributed by atoms with Gasteiger partial charge in [-0.15, -0.1) is 11.3 Å². The second kappa shape index (κ2) is 7.96. The van der Waals surface area contributed by atoms with Gasteiger partial charge in [0.1, 0.15) is 10.8 Å². The maximum atomic E-state index is 12.9. The predicted molar refractivity (Wildman–Crippen MR) is 121 cm³/mol. The number of hydrogen-bond acceptors (Lipinski definition) is 5. The lowest BCUT2D eigenvalue weighted by molar-refractivity contribution is -0.385. The minimum Gasteiger partial charge on any atom is -0.338 e. The van der Waals surface area contributed by atoms with Gasteiger partial charge in [0.05, 0.1) is 27.9 Å². The lowest BCUT2D eigenvalue weighted by atomic mass is 9.95. The van der Waals surface area contributed by atoms with Crippen LogP contribution in [0.3, 0.4) is 0 Å². The van der Waals surface area contributed by atoms with Crippen LogP contribution in [0.4, 0.5) is 10.7 Å². The molecule has 2 N–H and O–H groups in total. The Hall–Kier alpha value is -3.52. The number of amides is 1. The van der Waals surface area contributed by atoms with E-state index in [1.54, 1.807) is 29.5 Å². The number of aromatic amines is 1. The molecule has 4 aromatic rings. The van der Waals surface area contributed by atoms with Crippen molar-refractivity contribution in [1.82, 2.24) is 9.97 Å². The second-order valence-electron chi connectivity index (χ2n) is 7.63. The van der Waals surface area contributed by atoms with Gasteiger partial charge in [-0.1, -0.05) is 30.3 Å². The largest absolute Gasteiger partial charge is 0.338 e. The number of nitrogens with zero attached hydrogens (tertiary/aromatic N) is 2. The number of H-pyrrole nitrogens is 1. The quantitative estimate of drug-likeness (QED) is 0.332. The Labute approximate surface area is 182 Å². The summed E-state index contributed by atoms with van der Waals surface area (Å²) in [6, 6.07) is 14.2. The molecule has 8 heteroatoms. The number of imidazole rings is 1. The van der Waals surface area contributed by atoms with Crippen LogP contribution in [0.1, 0.15) is 28.8 Å². The highest BCUT2D eigenvalue weighted by molar-refractivity contribution is 7.17. The molecule has 156 valence electrons. The lowest BCUT2D eigenvalue weighted by Gasteiger charge is -2.12. The number of aryl methyl sites for hydroxylation is 1. The van der Waals surface area contributed by atoms with E-state index < -0.39 is 4.92 Å². The number of carbonyl (C=O) groups excluding carboxylic acids is 1. The number of thiophene rings is 1. The Bertz CT molecular complexity index is 1270. The van der Waals surface area contributed by atoms with Crippen molar-refractivity contribution in [2.24, 2.45) is 0 Å². The minimum absolute atomic E-state index is 0.0411. The fourth-order valence-corrected chi connectivity index (χ4v) is 5.46. The molecule has 0 saturated carbocycles. The Morgan fingerprint density at radius 3 is 2.74 bits per heavy atom. The highest BCUT2D eigenvalue weighted by Gasteiger charge is 2.25. The van der Waals surface area contributed by atoms with Gasteiger partial charge in [-0.2, -0.15) is 0 Å². The first-order chi connectivity index (χ1) is 15.1. The molecule has 0 bridgehead atoms. The Morgan fingerprint density at radius 1 is 1.13 bits per heavy atom. The summed E-state index contributed by atoms with van der Waals surface area (Å²) < 4.78 is 0. The van der Waals surface area contributed by atoms with Crippen molar-refractivity contribution >= 4 is 39.0 Å². The third-order valence-corrected chi connectivity index (χ3v) is 6.80. The number of fused-ring (bicyclic) bond motifs is 2. The highest BCUT2D eigenvalue weighted by Crippen LogP contribution is 2.43. The maximum Gasteiger partial charge on any atom is 0.273 e. The molecule has 0 saturated heterocycles. The van der Waals surface area contributed by atoms with Gasteiger partial charge in [0.15, 0.2) is 0 Å². The molecule has 1 aliphatic carbocycles. The molecule has 2 aromatic heterocycles. The average molecular weight is 433 g/mol. The van der Waals surface area contributed by atoms with Crippen LogP contribution in [-0.4, -0.2) is 20.8 Å². The van der Waals surface area contributed by atoms with Crippen molar-refractivity contribution in [3.8, 4) is 11.4 Å². The number of benzene rings is 2. The highest BCUT2D eigenvalue weighted by atomic mass is 32.1. The zero-order valence-corrected chi connectivity index (χ0v) is 17.5. The van der Waals surface area contributed by atoms with Crippen LogP contribution in [0, 0.1) is 10.1 Å². The molecule has 0 radical (unpaired) electrons. The van der Waals surface area contributed by atoms with Crippen molar-refractivity contribution in [2.75, 3.05) is 5.32 Å². The average Bonchev–Trinajstić information content (AvgIpc) is 3.34. The standard InChI is InChI=1S/C23H20N4O3S/c28-20(13-14-7-1-5-11-18(14)27(29)30)26-23-21(15-8-2-6-12-19(15)31-23)22-24-16-9-3-4-10-17(16)25-22/h1,3-5,7,9-11H,2,6,8,12-13H2,(H,24,25)(H,26,28). The van der Waals surface area contributed by atoms with Gasteiger partial charge in [0, 0.05) is 16.5 Å². The summed E-state index contributed by atoms with van der Waals surface area (Å²) in [5.41, 5.74) is 4.39. The van der Waals surface area contributed by atoms with Crippen molar-refractivity contribution in [2.45, 2.75) is 32.1 Å². The first-order valence-electron chi connectivity index (χ1n) is 10.2. The maximum absolute atomic E-state index is 12.9. The molecule has 1 aliphatic rings. The summed E-state index contributed by atoms with van der Waals surface area (Å²) in [6.07, 6.45) is 4.14. The molecule has 2 heterocycles. The van der Waals surface area contributed by atoms with E-state index in [1.165, 1.54) is 16.5 Å². The van der Waals surface area contributed by atoms with E-state index in [4.69, 9.17) is 4.98 Å². The number of anilines is 1. The van der Waals surface area contributed by atoms with Gasteiger partial charge in [-0.05, 0) is 43.4 Å². The first kappa shape index (κ1) is 19.4. The number of carbonyl (C=O) groups is 1. The zero-order chi connectivity index (χ0) is 21.4. The van der Waals surface area contributed by atoms with E-state index in [-0.39, 0.29) is 18.0 Å². The molecular formula is C23H20N4O3S. The molecule has 0 atom stereocenters. The Morgan fingerprint density at radius 2 is 1.90 bits per heavy atom. The van der Waals surface area contributed by atoms with E-state index in [9.17, 15) is 14.9 Å². The van der Waals surface area contributed by atoms with E-state index in [2.05, 4.69) is 10.3 Å². The fraction of sp³-hybridized carbons (Fsp3) is 0.217. The molecule has 2 aromatic carbocycles. The van der Waals surface area contributed by atoms with Gasteiger partial charge in [0.2, 0.25) is 5.91 Å². The van der Waals surface area contributed by atoms with Crippen LogP contribution in [-0.2, 0) is 24.1 Å². The van der Waals surface area contributed by atoms with Crippen LogP contribution < -0.4 is 5.32 Å². The van der Waals surface area contributed by atoms with E-state index >= 15 is 0 Å². The monoisotopic (exact) mass is 432 g/mol. The summed E-state index contributed by atoms with van der Waals surface area (Å²) in [4.78, 5) is 33.1. The van der Waals surface area contributed by atoms with Crippen molar-refractivity contribution < 1.29 is 9.72 Å². The zero-order valence-electron chi connectivity index (χ0n) is 16.7. The number of nitro groups is 1. The third kappa shape index (κ3) is 3.70. The molecule has 0 aliphatic heterocycles. The number of nitro benzene ring substituents is 1. The number of aromatic nitrogens is 2. The van der Waals surface area contributed by atoms with Gasteiger partial charge in [0.25, 0.3) is 5.69 Å². The molecule has 0 spiro atoms. The number of rotatable bonds is 5. The molecule has 5 rings (SSSR count). The number of hydrogen-bond donors (Lipinski definition) is 2. The fourth-order valence-electron chi connectivity index (χ4n) is 4.16. The van der Waals surface area contributed by atoms with Crippen LogP contribution >= 0.6 is 11.3 Å². The normalized spacial score (nSPS) is 13.2. The first-order valence-corrected chi connectivity index (χ1v) is 11.0. The Kier molecular flexibility index (Phi) is 4.99. The SMILES string of the molecule is O=C(Cc1ccccc1[N+](=O)[O-])Nc1sc2c(c1-c1nc3ccccc3[nH]1)CCCC2. The van der Waals surface area contributed by atoms with Crippen LogP contribution in [0.25, 0.3) is 22.4 Å². The summed E-state index contributed by atoms with van der Waals surface area (Å²) >= 11 is 1.59. The minimum atomic E-state index is -0.452. The summed E-state index contributed by atoms with van der Waals surface area (Å²) in [6.45, 7) is 0. The topological polar surface area (TPSA) is 101 Å². The summed E-state index contributed by atoms with van der Waals surface area (Å²) in [5, 5.41) is 15.1. The molecular weight excluding hydrogens is 412 g/mol. The van der Waals surface area contributed by atoms with Crippen LogP contribution in [0.5, 0.6) is 0 Å². The van der Waals surface area contributed by atoms with Gasteiger partial charge in [-0.3, -0.25) is 14.9 Å². The number of para-hydroxylation sites is 3. The van der Waals surface area contributed by atoms with E-state index in [1.807, 2.05) is 24.3 Å². The second-order valence-corrected chi connectivity index (χ2v) is 8.73. The lowest BCUT2D eigenvalue weighted by Crippen LogP contribution is -2.15. The third-order valence-electron chi connectivity index (χ3n) is 5.59.